The summed E-state index contributed by atoms with van der Waals surface area (Å²) in [5.41, 5.74) is 11.3. The normalized spacial score (nSPS) is 10.7. The first-order valence-electron chi connectivity index (χ1n) is 4.77. The maximum atomic E-state index is 13.4. The summed E-state index contributed by atoms with van der Waals surface area (Å²) < 4.78 is 13.4. The van der Waals surface area contributed by atoms with Gasteiger partial charge in [-0.05, 0) is 30.7 Å². The Hall–Kier alpha value is -1.93. The monoisotopic (exact) mass is 277 g/mol. The molecule has 0 unspecified atom stereocenters. The molecule has 0 heterocycles. The molecule has 0 amide bonds. The quantitative estimate of drug-likeness (QED) is 0.323. The highest BCUT2D eigenvalue weighted by Gasteiger charge is 2.05. The second kappa shape index (κ2) is 7.41. The highest BCUT2D eigenvalue weighted by molar-refractivity contribution is 5.91. The lowest BCUT2D eigenvalue weighted by Crippen LogP contribution is -2.23. The molecule has 100 valence electrons. The molecule has 0 spiro atoms. The minimum atomic E-state index is -0.943. The van der Waals surface area contributed by atoms with Crippen LogP contribution in [0.4, 0.5) is 10.1 Å². The standard InChI is InChI=1S/C9H12FN5O2.ClH/c10-8-5-7(2-1-6(8)3-4-11)13-9(12)14-15(16)17;/h1-2,5H,3-4,11H2,(H3,12,13,14);1H. The summed E-state index contributed by atoms with van der Waals surface area (Å²) in [7, 11) is 0. The van der Waals surface area contributed by atoms with Gasteiger partial charge in [-0.25, -0.2) is 14.5 Å². The molecule has 5 N–H and O–H groups in total. The zero-order chi connectivity index (χ0) is 12.8. The number of nitrogens with zero attached hydrogens (tertiary/aromatic N) is 2. The average Bonchev–Trinajstić information content (AvgIpc) is 2.21. The van der Waals surface area contributed by atoms with Gasteiger partial charge in [-0.15, -0.1) is 12.4 Å². The molecule has 0 fully saturated rings. The summed E-state index contributed by atoms with van der Waals surface area (Å²) >= 11 is 0. The van der Waals surface area contributed by atoms with E-state index in [1.54, 1.807) is 0 Å². The first kappa shape index (κ1) is 16.1. The summed E-state index contributed by atoms with van der Waals surface area (Å²) in [6.45, 7) is 0.342. The molecule has 18 heavy (non-hydrogen) atoms. The molecule has 0 aliphatic heterocycles. The van der Waals surface area contributed by atoms with Gasteiger partial charge in [0, 0.05) is 5.69 Å². The lowest BCUT2D eigenvalue weighted by atomic mass is 10.1. The van der Waals surface area contributed by atoms with Crippen molar-refractivity contribution in [2.45, 2.75) is 6.42 Å². The summed E-state index contributed by atoms with van der Waals surface area (Å²) in [5.74, 6) is -0.865. The predicted molar refractivity (Wildman–Crippen MR) is 68.6 cm³/mol. The van der Waals surface area contributed by atoms with E-state index in [0.717, 1.165) is 0 Å². The van der Waals surface area contributed by atoms with Crippen molar-refractivity contribution in [2.75, 3.05) is 11.9 Å². The van der Waals surface area contributed by atoms with Gasteiger partial charge in [-0.1, -0.05) is 6.07 Å². The van der Waals surface area contributed by atoms with E-state index in [9.17, 15) is 14.5 Å². The van der Waals surface area contributed by atoms with Crippen LogP contribution in [-0.4, -0.2) is 17.5 Å². The lowest BCUT2D eigenvalue weighted by molar-refractivity contribution is -0.485. The smallest absolute Gasteiger partial charge is 0.270 e. The van der Waals surface area contributed by atoms with Gasteiger partial charge in [0.15, 0.2) is 5.03 Å². The molecule has 7 nitrogen and oxygen atoms in total. The Labute approximate surface area is 109 Å². The minimum Gasteiger partial charge on any atom is -0.364 e. The van der Waals surface area contributed by atoms with Gasteiger partial charge in [0.05, 0.1) is 0 Å². The van der Waals surface area contributed by atoms with Crippen LogP contribution in [0.3, 0.4) is 0 Å². The molecule has 9 heteroatoms. The average molecular weight is 278 g/mol. The maximum Gasteiger partial charge on any atom is 0.270 e. The summed E-state index contributed by atoms with van der Waals surface area (Å²) in [5, 5.41) is 14.3. The van der Waals surface area contributed by atoms with E-state index in [4.69, 9.17) is 11.5 Å². The Bertz CT molecular complexity index is 455. The zero-order valence-corrected chi connectivity index (χ0v) is 10.1. The van der Waals surface area contributed by atoms with Gasteiger partial charge in [0.1, 0.15) is 10.9 Å². The molecular formula is C9H13ClFN5O2. The molecule has 1 aromatic carbocycles. The molecule has 0 saturated heterocycles. The lowest BCUT2D eigenvalue weighted by Gasteiger charge is -2.06. The van der Waals surface area contributed by atoms with Crippen LogP contribution in [0.1, 0.15) is 5.56 Å². The van der Waals surface area contributed by atoms with E-state index in [2.05, 4.69) is 10.4 Å². The van der Waals surface area contributed by atoms with Crippen molar-refractivity contribution in [1.82, 2.24) is 0 Å². The molecule has 0 aliphatic rings. The third-order valence-corrected chi connectivity index (χ3v) is 1.93. The fourth-order valence-corrected chi connectivity index (χ4v) is 1.24. The number of nitrogens with two attached hydrogens (primary N) is 2. The number of rotatable bonds is 4. The fraction of sp³-hybridized carbons (Fsp3) is 0.222. The Morgan fingerprint density at radius 1 is 1.56 bits per heavy atom. The number of hydrogen-bond acceptors (Lipinski definition) is 3. The first-order chi connectivity index (χ1) is 8.02. The highest BCUT2D eigenvalue weighted by Crippen LogP contribution is 2.14. The molecule has 0 saturated carbocycles. The van der Waals surface area contributed by atoms with Gasteiger partial charge in [0.25, 0.3) is 5.96 Å². The third kappa shape index (κ3) is 4.93. The fourth-order valence-electron chi connectivity index (χ4n) is 1.24. The summed E-state index contributed by atoms with van der Waals surface area (Å²) in [4.78, 5) is 10.0. The van der Waals surface area contributed by atoms with Crippen molar-refractivity contribution >= 4 is 24.1 Å². The third-order valence-electron chi connectivity index (χ3n) is 1.93. The van der Waals surface area contributed by atoms with Crippen molar-refractivity contribution < 1.29 is 9.42 Å². The zero-order valence-electron chi connectivity index (χ0n) is 9.30. The second-order valence-corrected chi connectivity index (χ2v) is 3.19. The Kier molecular flexibility index (Phi) is 6.61. The van der Waals surface area contributed by atoms with Crippen LogP contribution in [0.25, 0.3) is 0 Å². The van der Waals surface area contributed by atoms with E-state index >= 15 is 0 Å². The number of halogens is 2. The van der Waals surface area contributed by atoms with Crippen LogP contribution in [-0.2, 0) is 6.42 Å². The molecule has 0 bridgehead atoms. The second-order valence-electron chi connectivity index (χ2n) is 3.19. The van der Waals surface area contributed by atoms with Gasteiger partial charge in [-0.2, -0.15) is 0 Å². The van der Waals surface area contributed by atoms with Crippen LogP contribution in [0.5, 0.6) is 0 Å². The first-order valence-corrected chi connectivity index (χ1v) is 4.77. The molecule has 0 atom stereocenters. The van der Waals surface area contributed by atoms with Crippen LogP contribution in [0.2, 0.25) is 0 Å². The Morgan fingerprint density at radius 3 is 2.72 bits per heavy atom. The topological polar surface area (TPSA) is 120 Å². The number of nitrogens with one attached hydrogen (secondary N) is 1. The van der Waals surface area contributed by atoms with Crippen LogP contribution < -0.4 is 16.8 Å². The van der Waals surface area contributed by atoms with E-state index in [1.807, 2.05) is 0 Å². The van der Waals surface area contributed by atoms with Crippen molar-refractivity contribution in [2.24, 2.45) is 16.6 Å². The Balaban J connectivity index is 0.00000289. The van der Waals surface area contributed by atoms with Gasteiger partial charge < -0.3 is 16.8 Å². The summed E-state index contributed by atoms with van der Waals surface area (Å²) in [6, 6.07) is 4.24. The van der Waals surface area contributed by atoms with Gasteiger partial charge >= 0.3 is 0 Å². The summed E-state index contributed by atoms with van der Waals surface area (Å²) in [6.07, 6.45) is 0.421. The number of nitro groups is 1. The van der Waals surface area contributed by atoms with E-state index < -0.39 is 16.8 Å². The van der Waals surface area contributed by atoms with Crippen molar-refractivity contribution in [1.29, 1.82) is 0 Å². The van der Waals surface area contributed by atoms with Crippen molar-refractivity contribution in [3.63, 3.8) is 0 Å². The Morgan fingerprint density at radius 2 is 2.22 bits per heavy atom. The molecule has 0 aliphatic carbocycles. The molecular weight excluding hydrogens is 265 g/mol. The van der Waals surface area contributed by atoms with E-state index in [0.29, 0.717) is 18.5 Å². The van der Waals surface area contributed by atoms with Crippen LogP contribution >= 0.6 is 12.4 Å². The minimum absolute atomic E-state index is 0. The van der Waals surface area contributed by atoms with Crippen molar-refractivity contribution in [3.05, 3.63) is 39.7 Å². The van der Waals surface area contributed by atoms with Crippen LogP contribution in [0, 0.1) is 15.9 Å². The van der Waals surface area contributed by atoms with E-state index in [-0.39, 0.29) is 18.1 Å². The number of guanidine groups is 1. The molecule has 1 rings (SSSR count). The van der Waals surface area contributed by atoms with Gasteiger partial charge in [0.2, 0.25) is 0 Å². The number of benzene rings is 1. The maximum absolute atomic E-state index is 13.4. The van der Waals surface area contributed by atoms with Crippen LogP contribution in [0.15, 0.2) is 23.3 Å². The van der Waals surface area contributed by atoms with Gasteiger partial charge in [-0.3, -0.25) is 0 Å². The largest absolute Gasteiger partial charge is 0.364 e. The highest BCUT2D eigenvalue weighted by atomic mass is 35.5. The molecule has 0 radical (unpaired) electrons. The predicted octanol–water partition coefficient (Wildman–Crippen LogP) is 0.667. The number of hydrazone groups is 1. The SMILES string of the molecule is Cl.NCCc1ccc(NC(N)=N[N+](=O)[O-])cc1F. The number of anilines is 1. The van der Waals surface area contributed by atoms with E-state index in [1.165, 1.54) is 18.2 Å². The molecule has 0 aromatic heterocycles. The number of hydrogen-bond donors (Lipinski definition) is 3. The van der Waals surface area contributed by atoms with Crippen molar-refractivity contribution in [3.8, 4) is 0 Å². The molecule has 1 aromatic rings.